The highest BCUT2D eigenvalue weighted by Crippen LogP contribution is 2.26. The first-order valence-corrected chi connectivity index (χ1v) is 8.37. The van der Waals surface area contributed by atoms with Gasteiger partial charge >= 0.3 is 5.56 Å². The molecule has 0 aromatic carbocycles. The lowest BCUT2D eigenvalue weighted by molar-refractivity contribution is 0.400. The normalized spacial score (nSPS) is 10.1. The van der Waals surface area contributed by atoms with Gasteiger partial charge in [-0.2, -0.15) is 10.2 Å². The van der Waals surface area contributed by atoms with Crippen LogP contribution < -0.4 is 15.9 Å². The van der Waals surface area contributed by atoms with E-state index in [9.17, 15) is 9.59 Å². The summed E-state index contributed by atoms with van der Waals surface area (Å²) >= 11 is 23.0. The number of aromatic nitrogens is 4. The van der Waals surface area contributed by atoms with E-state index < -0.39 is 5.56 Å². The zero-order valence-corrected chi connectivity index (χ0v) is 17.3. The van der Waals surface area contributed by atoms with E-state index in [1.807, 2.05) is 0 Å². The number of hydrogen-bond acceptors (Lipinski definition) is 5. The third kappa shape index (κ3) is 4.69. The molecule has 23 heavy (non-hydrogen) atoms. The van der Waals surface area contributed by atoms with Crippen molar-refractivity contribution in [2.45, 2.75) is 0 Å². The molecule has 2 aromatic rings. The van der Waals surface area contributed by atoms with E-state index >= 15 is 0 Å². The third-order valence-corrected chi connectivity index (χ3v) is 5.14. The van der Waals surface area contributed by atoms with Crippen LogP contribution in [0.4, 0.5) is 0 Å². The van der Waals surface area contributed by atoms with Gasteiger partial charge in [-0.1, -0.05) is 34.8 Å². The summed E-state index contributed by atoms with van der Waals surface area (Å²) in [5, 5.41) is 7.85. The smallest absolute Gasteiger partial charge is 0.310 e. The van der Waals surface area contributed by atoms with Gasteiger partial charge in [0.15, 0.2) is 0 Å². The lowest BCUT2D eigenvalue weighted by atomic mass is 10.5. The quantitative estimate of drug-likeness (QED) is 0.589. The van der Waals surface area contributed by atoms with Crippen molar-refractivity contribution in [3.8, 4) is 5.75 Å². The maximum Gasteiger partial charge on any atom is 0.310 e. The van der Waals surface area contributed by atoms with Gasteiger partial charge in [-0.3, -0.25) is 9.59 Å². The second-order valence-electron chi connectivity index (χ2n) is 3.91. The Bertz CT molecular complexity index is 854. The van der Waals surface area contributed by atoms with E-state index in [-0.39, 0.29) is 26.4 Å². The van der Waals surface area contributed by atoms with Crippen LogP contribution in [0.3, 0.4) is 0 Å². The van der Waals surface area contributed by atoms with E-state index in [0.29, 0.717) is 9.21 Å². The summed E-state index contributed by atoms with van der Waals surface area (Å²) in [7, 11) is 4.40. The summed E-state index contributed by atoms with van der Waals surface area (Å²) in [5.41, 5.74) is -0.759. The molecule has 0 unspecified atom stereocenters. The molecule has 0 N–H and O–H groups in total. The highest BCUT2D eigenvalue weighted by Gasteiger charge is 2.12. The van der Waals surface area contributed by atoms with Crippen LogP contribution in [0, 0.1) is 0 Å². The topological polar surface area (TPSA) is 79.0 Å². The van der Waals surface area contributed by atoms with Gasteiger partial charge in [-0.25, -0.2) is 9.36 Å². The number of aryl methyl sites for hydroxylation is 2. The molecule has 0 amide bonds. The number of halogens is 5. The highest BCUT2D eigenvalue weighted by atomic mass is 79.9. The molecule has 0 atom stereocenters. The van der Waals surface area contributed by atoms with Crippen LogP contribution in [-0.4, -0.2) is 26.7 Å². The third-order valence-electron chi connectivity index (χ3n) is 2.40. The summed E-state index contributed by atoms with van der Waals surface area (Å²) < 4.78 is 7.82. The summed E-state index contributed by atoms with van der Waals surface area (Å²) in [6, 6.07) is 0. The molecule has 12 heteroatoms. The van der Waals surface area contributed by atoms with Crippen molar-refractivity contribution >= 4 is 66.7 Å². The number of rotatable bonds is 1. The van der Waals surface area contributed by atoms with E-state index in [2.05, 4.69) is 42.1 Å². The second-order valence-corrected chi connectivity index (χ2v) is 6.55. The zero-order valence-electron chi connectivity index (χ0n) is 11.9. The number of hydrogen-bond donors (Lipinski definition) is 0. The van der Waals surface area contributed by atoms with Crippen molar-refractivity contribution < 1.29 is 4.74 Å². The average Bonchev–Trinajstić information content (AvgIpc) is 2.50. The van der Waals surface area contributed by atoms with Crippen molar-refractivity contribution in [1.29, 1.82) is 0 Å². The first-order chi connectivity index (χ1) is 10.6. The van der Waals surface area contributed by atoms with Gasteiger partial charge in [0.1, 0.15) is 19.3 Å². The Morgan fingerprint density at radius 1 is 0.870 bits per heavy atom. The maximum absolute atomic E-state index is 11.2. The van der Waals surface area contributed by atoms with Gasteiger partial charge in [0.05, 0.1) is 12.1 Å². The maximum atomic E-state index is 11.2. The molecule has 126 valence electrons. The van der Waals surface area contributed by atoms with Crippen molar-refractivity contribution in [1.82, 2.24) is 19.6 Å². The van der Waals surface area contributed by atoms with Gasteiger partial charge in [-0.05, 0) is 31.9 Å². The largest absolute Gasteiger partial charge is 0.490 e. The van der Waals surface area contributed by atoms with Gasteiger partial charge in [0.25, 0.3) is 5.56 Å². The molecule has 0 aliphatic carbocycles. The molecule has 0 fully saturated rings. The summed E-state index contributed by atoms with van der Waals surface area (Å²) in [6.45, 7) is 0. The number of methoxy groups -OCH3 is 1. The number of nitrogens with zero attached hydrogens (tertiary/aromatic N) is 4. The van der Waals surface area contributed by atoms with Crippen molar-refractivity contribution in [2.24, 2.45) is 14.1 Å². The summed E-state index contributed by atoms with van der Waals surface area (Å²) in [5.74, 6) is 0.0982. The predicted octanol–water partition coefficient (Wildman–Crippen LogP) is 3.05. The van der Waals surface area contributed by atoms with E-state index in [4.69, 9.17) is 39.5 Å². The molecular weight excluding hydrogens is 502 g/mol. The molecule has 0 saturated heterocycles. The Morgan fingerprint density at radius 3 is 1.78 bits per heavy atom. The Balaban J connectivity index is 0.000000231. The van der Waals surface area contributed by atoms with Gasteiger partial charge < -0.3 is 4.74 Å². The minimum absolute atomic E-state index is 0.0176. The second kappa shape index (κ2) is 8.48. The molecule has 2 heterocycles. The van der Waals surface area contributed by atoms with E-state index in [1.54, 1.807) is 0 Å². The minimum Gasteiger partial charge on any atom is -0.490 e. The SMILES string of the molecule is COc1c(Cl)c(Br)nn(C)c1=O.Cn1nc(Br)c(Cl)c(Cl)c1=O. The van der Waals surface area contributed by atoms with Crippen LogP contribution in [0.25, 0.3) is 0 Å². The lowest BCUT2D eigenvalue weighted by Gasteiger charge is -2.04. The van der Waals surface area contributed by atoms with Crippen molar-refractivity contribution in [3.63, 3.8) is 0 Å². The fourth-order valence-electron chi connectivity index (χ4n) is 1.28. The Morgan fingerprint density at radius 2 is 1.30 bits per heavy atom. The molecule has 0 aliphatic rings. The van der Waals surface area contributed by atoms with Crippen LogP contribution in [0.1, 0.15) is 0 Å². The monoisotopic (exact) mass is 508 g/mol. The van der Waals surface area contributed by atoms with Crippen LogP contribution in [0.15, 0.2) is 18.8 Å². The van der Waals surface area contributed by atoms with E-state index in [0.717, 1.165) is 9.36 Å². The van der Waals surface area contributed by atoms with Crippen molar-refractivity contribution in [3.05, 3.63) is 45.0 Å². The zero-order chi connectivity index (χ0) is 17.9. The van der Waals surface area contributed by atoms with E-state index in [1.165, 1.54) is 21.2 Å². The summed E-state index contributed by atoms with van der Waals surface area (Å²) in [4.78, 5) is 22.2. The molecule has 0 saturated carbocycles. The molecule has 7 nitrogen and oxygen atoms in total. The first-order valence-electron chi connectivity index (χ1n) is 5.65. The summed E-state index contributed by atoms with van der Waals surface area (Å²) in [6.07, 6.45) is 0. The fourth-order valence-corrected chi connectivity index (χ4v) is 2.77. The van der Waals surface area contributed by atoms with Gasteiger partial charge in [-0.15, -0.1) is 0 Å². The Hall–Kier alpha value is -0.610. The van der Waals surface area contributed by atoms with Crippen molar-refractivity contribution in [2.75, 3.05) is 7.11 Å². The Kier molecular flexibility index (Phi) is 7.53. The minimum atomic E-state index is -0.403. The molecule has 2 rings (SSSR count). The lowest BCUT2D eigenvalue weighted by Crippen LogP contribution is -2.21. The van der Waals surface area contributed by atoms with Gasteiger partial charge in [0, 0.05) is 14.1 Å². The standard InChI is InChI=1S/C6H6BrClN2O2.C5H3BrCl2N2O/c1-10-6(11)4(12-2)3(8)5(7)9-10;1-10-5(11)3(8)2(7)4(6)9-10/h1-2H3;1H3. The van der Waals surface area contributed by atoms with Gasteiger partial charge in [0.2, 0.25) is 5.75 Å². The molecule has 0 bridgehead atoms. The predicted molar refractivity (Wildman–Crippen MR) is 95.9 cm³/mol. The molecule has 0 spiro atoms. The molecular formula is C11H9Br2Cl3N4O3. The van der Waals surface area contributed by atoms with Crippen LogP contribution in [-0.2, 0) is 14.1 Å². The van der Waals surface area contributed by atoms with Crippen LogP contribution in [0.2, 0.25) is 15.1 Å². The molecule has 0 radical (unpaired) electrons. The fraction of sp³-hybridized carbons (Fsp3) is 0.273. The highest BCUT2D eigenvalue weighted by molar-refractivity contribution is 9.10. The van der Waals surface area contributed by atoms with Crippen LogP contribution >= 0.6 is 66.7 Å². The molecule has 0 aliphatic heterocycles. The number of ether oxygens (including phenoxy) is 1. The van der Waals surface area contributed by atoms with Crippen LogP contribution in [0.5, 0.6) is 5.75 Å². The average molecular weight is 511 g/mol. The molecule has 2 aromatic heterocycles. The Labute approximate surface area is 162 Å². The first kappa shape index (κ1) is 20.4.